The van der Waals surface area contributed by atoms with Crippen LogP contribution in [0.3, 0.4) is 0 Å². The van der Waals surface area contributed by atoms with Crippen molar-refractivity contribution >= 4 is 11.6 Å². The molecule has 5 heteroatoms. The summed E-state index contributed by atoms with van der Waals surface area (Å²) < 4.78 is 2.04. The van der Waals surface area contributed by atoms with Crippen molar-refractivity contribution in [2.75, 3.05) is 18.4 Å². The van der Waals surface area contributed by atoms with Crippen molar-refractivity contribution in [3.63, 3.8) is 0 Å². The lowest BCUT2D eigenvalue weighted by atomic mass is 9.95. The van der Waals surface area contributed by atoms with Gasteiger partial charge in [0.25, 0.3) is 0 Å². The number of nitrogens with one attached hydrogen (secondary N) is 1. The van der Waals surface area contributed by atoms with Gasteiger partial charge in [-0.2, -0.15) is 5.10 Å². The van der Waals surface area contributed by atoms with Crippen LogP contribution in [0, 0.1) is 19.8 Å². The van der Waals surface area contributed by atoms with Gasteiger partial charge in [-0.3, -0.25) is 14.4 Å². The van der Waals surface area contributed by atoms with Gasteiger partial charge in [0.2, 0.25) is 5.91 Å². The van der Waals surface area contributed by atoms with Crippen LogP contribution in [0.25, 0.3) is 11.1 Å². The van der Waals surface area contributed by atoms with Gasteiger partial charge in [-0.25, -0.2) is 0 Å². The zero-order valence-electron chi connectivity index (χ0n) is 18.8. The number of aromatic nitrogens is 2. The van der Waals surface area contributed by atoms with Crippen LogP contribution >= 0.6 is 0 Å². The molecule has 1 saturated heterocycles. The molecule has 162 valence electrons. The summed E-state index contributed by atoms with van der Waals surface area (Å²) in [5.41, 5.74) is 7.01. The standard InChI is InChI=1S/C26H32N4O/c1-4-30-20(3)24(17-27-30)18-29-14-12-22(13-15-29)26(31)28-25-10-8-21(9-11-25)23-7-5-6-19(2)16-23/h5-11,16-17,22H,4,12-15,18H2,1-3H3,(H,28,31). The van der Waals surface area contributed by atoms with E-state index in [1.54, 1.807) is 0 Å². The second-order valence-electron chi connectivity index (χ2n) is 8.56. The van der Waals surface area contributed by atoms with E-state index in [-0.39, 0.29) is 11.8 Å². The number of amides is 1. The molecule has 3 aromatic rings. The second-order valence-corrected chi connectivity index (χ2v) is 8.56. The summed E-state index contributed by atoms with van der Waals surface area (Å²) in [5, 5.41) is 7.56. The molecule has 2 aromatic carbocycles. The van der Waals surface area contributed by atoms with Gasteiger partial charge in [0.15, 0.2) is 0 Å². The number of carbonyl (C=O) groups excluding carboxylic acids is 1. The van der Waals surface area contributed by atoms with Crippen molar-refractivity contribution in [1.82, 2.24) is 14.7 Å². The normalized spacial score (nSPS) is 15.2. The fourth-order valence-electron chi connectivity index (χ4n) is 4.37. The molecule has 0 saturated carbocycles. The lowest BCUT2D eigenvalue weighted by molar-refractivity contribution is -0.121. The van der Waals surface area contributed by atoms with Crippen molar-refractivity contribution in [3.8, 4) is 11.1 Å². The fraction of sp³-hybridized carbons (Fsp3) is 0.385. The van der Waals surface area contributed by atoms with Crippen molar-refractivity contribution < 1.29 is 4.79 Å². The van der Waals surface area contributed by atoms with Crippen LogP contribution in [-0.2, 0) is 17.9 Å². The van der Waals surface area contributed by atoms with E-state index in [1.807, 2.05) is 23.0 Å². The number of piperidine rings is 1. The van der Waals surface area contributed by atoms with Crippen LogP contribution in [0.2, 0.25) is 0 Å². The topological polar surface area (TPSA) is 50.2 Å². The molecule has 1 fully saturated rings. The predicted molar refractivity (Wildman–Crippen MR) is 126 cm³/mol. The minimum Gasteiger partial charge on any atom is -0.326 e. The van der Waals surface area contributed by atoms with E-state index in [4.69, 9.17) is 0 Å². The maximum atomic E-state index is 12.8. The Morgan fingerprint density at radius 1 is 1.06 bits per heavy atom. The van der Waals surface area contributed by atoms with E-state index in [0.717, 1.165) is 50.3 Å². The Morgan fingerprint density at radius 3 is 2.45 bits per heavy atom. The first-order valence-electron chi connectivity index (χ1n) is 11.2. The molecule has 2 heterocycles. The van der Waals surface area contributed by atoms with Gasteiger partial charge in [-0.1, -0.05) is 42.0 Å². The molecule has 5 nitrogen and oxygen atoms in total. The van der Waals surface area contributed by atoms with Crippen LogP contribution in [0.1, 0.15) is 36.6 Å². The average Bonchev–Trinajstić information content (AvgIpc) is 3.14. The molecule has 0 radical (unpaired) electrons. The summed E-state index contributed by atoms with van der Waals surface area (Å²) in [7, 11) is 0. The largest absolute Gasteiger partial charge is 0.326 e. The highest BCUT2D eigenvalue weighted by Crippen LogP contribution is 2.24. The van der Waals surface area contributed by atoms with Crippen molar-refractivity contribution in [1.29, 1.82) is 0 Å². The van der Waals surface area contributed by atoms with Gasteiger partial charge in [0.05, 0.1) is 6.20 Å². The van der Waals surface area contributed by atoms with Crippen molar-refractivity contribution in [2.24, 2.45) is 5.92 Å². The SMILES string of the molecule is CCn1ncc(CN2CCC(C(=O)Nc3ccc(-c4cccc(C)c4)cc3)CC2)c1C. The number of likely N-dealkylation sites (tertiary alicyclic amines) is 1. The van der Waals surface area contributed by atoms with E-state index >= 15 is 0 Å². The van der Waals surface area contributed by atoms with E-state index in [0.29, 0.717) is 0 Å². The summed E-state index contributed by atoms with van der Waals surface area (Å²) >= 11 is 0. The highest BCUT2D eigenvalue weighted by atomic mass is 16.1. The van der Waals surface area contributed by atoms with Gasteiger partial charge in [-0.05, 0) is 70.0 Å². The molecular formula is C26H32N4O. The number of aryl methyl sites for hydroxylation is 2. The third-order valence-electron chi connectivity index (χ3n) is 6.36. The number of nitrogens with zero attached hydrogens (tertiary/aromatic N) is 3. The Hall–Kier alpha value is -2.92. The molecule has 31 heavy (non-hydrogen) atoms. The molecule has 0 aliphatic carbocycles. The number of hydrogen-bond donors (Lipinski definition) is 1. The Bertz CT molecular complexity index is 1030. The number of anilines is 1. The maximum Gasteiger partial charge on any atom is 0.227 e. The first kappa shape index (κ1) is 21.3. The highest BCUT2D eigenvalue weighted by Gasteiger charge is 2.25. The monoisotopic (exact) mass is 416 g/mol. The minimum atomic E-state index is 0.0761. The van der Waals surface area contributed by atoms with Crippen LogP contribution in [0.5, 0.6) is 0 Å². The van der Waals surface area contributed by atoms with Crippen LogP contribution in [0.15, 0.2) is 54.7 Å². The molecule has 0 bridgehead atoms. The predicted octanol–water partition coefficient (Wildman–Crippen LogP) is 5.04. The summed E-state index contributed by atoms with van der Waals surface area (Å²) in [6.45, 7) is 10.1. The number of rotatable bonds is 6. The second kappa shape index (κ2) is 9.48. The van der Waals surface area contributed by atoms with E-state index in [2.05, 4.69) is 72.5 Å². The summed E-state index contributed by atoms with van der Waals surface area (Å²) in [4.78, 5) is 15.2. The molecule has 1 amide bonds. The van der Waals surface area contributed by atoms with Gasteiger partial charge in [-0.15, -0.1) is 0 Å². The maximum absolute atomic E-state index is 12.8. The zero-order chi connectivity index (χ0) is 21.8. The van der Waals surface area contributed by atoms with Crippen LogP contribution in [0.4, 0.5) is 5.69 Å². The third kappa shape index (κ3) is 5.05. The number of hydrogen-bond acceptors (Lipinski definition) is 3. The fourth-order valence-corrected chi connectivity index (χ4v) is 4.37. The van der Waals surface area contributed by atoms with Crippen molar-refractivity contribution in [3.05, 3.63) is 71.5 Å². The van der Waals surface area contributed by atoms with E-state index < -0.39 is 0 Å². The Kier molecular flexibility index (Phi) is 6.52. The average molecular weight is 417 g/mol. The first-order valence-corrected chi connectivity index (χ1v) is 11.2. The smallest absolute Gasteiger partial charge is 0.227 e. The molecule has 4 rings (SSSR count). The summed E-state index contributed by atoms with van der Waals surface area (Å²) in [6, 6.07) is 16.6. The molecule has 1 aromatic heterocycles. The van der Waals surface area contributed by atoms with Crippen LogP contribution < -0.4 is 5.32 Å². The Balaban J connectivity index is 1.29. The summed E-state index contributed by atoms with van der Waals surface area (Å²) in [6.07, 6.45) is 3.78. The molecule has 1 aliphatic rings. The van der Waals surface area contributed by atoms with Gasteiger partial charge >= 0.3 is 0 Å². The van der Waals surface area contributed by atoms with E-state index in [1.165, 1.54) is 22.4 Å². The lowest BCUT2D eigenvalue weighted by Crippen LogP contribution is -2.37. The van der Waals surface area contributed by atoms with Gasteiger partial charge < -0.3 is 5.32 Å². The molecular weight excluding hydrogens is 384 g/mol. The number of carbonyl (C=O) groups is 1. The van der Waals surface area contributed by atoms with E-state index in [9.17, 15) is 4.79 Å². The quantitative estimate of drug-likeness (QED) is 0.613. The minimum absolute atomic E-state index is 0.0761. The molecule has 0 spiro atoms. The van der Waals surface area contributed by atoms with Gasteiger partial charge in [0.1, 0.15) is 0 Å². The van der Waals surface area contributed by atoms with Crippen LogP contribution in [-0.4, -0.2) is 33.7 Å². The van der Waals surface area contributed by atoms with Crippen molar-refractivity contribution in [2.45, 2.75) is 46.7 Å². The lowest BCUT2D eigenvalue weighted by Gasteiger charge is -2.31. The first-order chi connectivity index (χ1) is 15.0. The molecule has 1 aliphatic heterocycles. The Morgan fingerprint density at radius 2 is 1.81 bits per heavy atom. The highest BCUT2D eigenvalue weighted by molar-refractivity contribution is 5.92. The molecule has 0 unspecified atom stereocenters. The molecule has 0 atom stereocenters. The number of benzene rings is 2. The summed E-state index contributed by atoms with van der Waals surface area (Å²) in [5.74, 6) is 0.213. The zero-order valence-corrected chi connectivity index (χ0v) is 18.8. The van der Waals surface area contributed by atoms with Gasteiger partial charge in [0, 0.05) is 36.0 Å². The third-order valence-corrected chi connectivity index (χ3v) is 6.36. The Labute approximate surface area is 185 Å². The molecule has 1 N–H and O–H groups in total.